The van der Waals surface area contributed by atoms with Crippen LogP contribution in [-0.4, -0.2) is 21.9 Å². The van der Waals surface area contributed by atoms with E-state index in [0.29, 0.717) is 5.82 Å². The molecule has 3 rings (SSSR count). The summed E-state index contributed by atoms with van der Waals surface area (Å²) in [7, 11) is 1.99. The number of thiophene rings is 1. The van der Waals surface area contributed by atoms with Crippen molar-refractivity contribution < 1.29 is 4.92 Å². The Morgan fingerprint density at radius 1 is 1.21 bits per heavy atom. The zero-order valence-electron chi connectivity index (χ0n) is 13.3. The van der Waals surface area contributed by atoms with E-state index in [1.54, 1.807) is 23.5 Å². The molecule has 2 heterocycles. The highest BCUT2D eigenvalue weighted by Crippen LogP contribution is 2.23. The third-order valence-corrected chi connectivity index (χ3v) is 4.30. The molecule has 0 fully saturated rings. The fourth-order valence-electron chi connectivity index (χ4n) is 2.35. The fourth-order valence-corrected chi connectivity index (χ4v) is 3.01. The molecule has 0 saturated heterocycles. The average Bonchev–Trinajstić information content (AvgIpc) is 3.07. The lowest BCUT2D eigenvalue weighted by Crippen LogP contribution is -2.18. The van der Waals surface area contributed by atoms with E-state index in [-0.39, 0.29) is 5.69 Å². The van der Waals surface area contributed by atoms with Crippen LogP contribution in [0.4, 0.5) is 11.5 Å². The molecule has 122 valence electrons. The van der Waals surface area contributed by atoms with Gasteiger partial charge in [0, 0.05) is 43.0 Å². The minimum atomic E-state index is -0.416. The van der Waals surface area contributed by atoms with Crippen LogP contribution in [0.1, 0.15) is 11.3 Å². The molecule has 2 aromatic heterocycles. The van der Waals surface area contributed by atoms with E-state index in [9.17, 15) is 10.1 Å². The van der Waals surface area contributed by atoms with Gasteiger partial charge in [0.1, 0.15) is 5.82 Å². The summed E-state index contributed by atoms with van der Waals surface area (Å²) in [5.41, 5.74) is 2.90. The number of aryl methyl sites for hydroxylation is 1. The van der Waals surface area contributed by atoms with Crippen LogP contribution in [0.2, 0.25) is 0 Å². The SMILES string of the molecule is Cc1cc(N(C)Cc2ccsc2)nc(-c2ccc([N+](=O)[O-])cc2)n1. The lowest BCUT2D eigenvalue weighted by atomic mass is 10.2. The number of anilines is 1. The molecule has 0 bridgehead atoms. The Labute approximate surface area is 143 Å². The van der Waals surface area contributed by atoms with E-state index in [1.165, 1.54) is 17.7 Å². The second kappa shape index (κ2) is 6.76. The first-order valence-corrected chi connectivity index (χ1v) is 8.30. The summed E-state index contributed by atoms with van der Waals surface area (Å²) in [6, 6.07) is 10.3. The Kier molecular flexibility index (Phi) is 4.52. The van der Waals surface area contributed by atoms with Crippen LogP contribution in [0.3, 0.4) is 0 Å². The molecule has 6 nitrogen and oxygen atoms in total. The summed E-state index contributed by atoms with van der Waals surface area (Å²) in [5.74, 6) is 1.39. The summed E-state index contributed by atoms with van der Waals surface area (Å²) in [6.45, 7) is 2.68. The van der Waals surface area contributed by atoms with Crippen molar-refractivity contribution in [1.29, 1.82) is 0 Å². The van der Waals surface area contributed by atoms with Gasteiger partial charge in [0.2, 0.25) is 0 Å². The van der Waals surface area contributed by atoms with Crippen molar-refractivity contribution in [1.82, 2.24) is 9.97 Å². The molecule has 0 saturated carbocycles. The third-order valence-electron chi connectivity index (χ3n) is 3.57. The van der Waals surface area contributed by atoms with E-state index < -0.39 is 4.92 Å². The van der Waals surface area contributed by atoms with Gasteiger partial charge in [0.15, 0.2) is 5.82 Å². The molecule has 7 heteroatoms. The van der Waals surface area contributed by atoms with E-state index in [1.807, 2.05) is 20.0 Å². The number of nitro groups is 1. The van der Waals surface area contributed by atoms with Crippen LogP contribution in [0, 0.1) is 17.0 Å². The number of hydrogen-bond donors (Lipinski definition) is 0. The molecular formula is C17H16N4O2S. The van der Waals surface area contributed by atoms with Crippen molar-refractivity contribution in [3.05, 3.63) is 68.5 Å². The van der Waals surface area contributed by atoms with Gasteiger partial charge in [-0.2, -0.15) is 11.3 Å². The highest BCUT2D eigenvalue weighted by Gasteiger charge is 2.11. The molecule has 0 aliphatic rings. The zero-order valence-corrected chi connectivity index (χ0v) is 14.2. The normalized spacial score (nSPS) is 10.6. The molecule has 0 amide bonds. The first-order chi connectivity index (χ1) is 11.5. The summed E-state index contributed by atoms with van der Waals surface area (Å²) in [5, 5.41) is 14.9. The molecule has 0 spiro atoms. The number of non-ortho nitro benzene ring substituents is 1. The molecule has 0 radical (unpaired) electrons. The maximum atomic E-state index is 10.8. The molecule has 0 aliphatic heterocycles. The number of benzene rings is 1. The minimum Gasteiger partial charge on any atom is -0.355 e. The van der Waals surface area contributed by atoms with Gasteiger partial charge in [-0.05, 0) is 41.4 Å². The van der Waals surface area contributed by atoms with Gasteiger partial charge in [-0.1, -0.05) is 0 Å². The van der Waals surface area contributed by atoms with Gasteiger partial charge in [-0.15, -0.1) is 0 Å². The van der Waals surface area contributed by atoms with Crippen LogP contribution in [0.25, 0.3) is 11.4 Å². The second-order valence-electron chi connectivity index (χ2n) is 5.48. The van der Waals surface area contributed by atoms with Crippen molar-refractivity contribution in [2.45, 2.75) is 13.5 Å². The Morgan fingerprint density at radius 2 is 1.96 bits per heavy atom. The lowest BCUT2D eigenvalue weighted by Gasteiger charge is -2.18. The smallest absolute Gasteiger partial charge is 0.269 e. The van der Waals surface area contributed by atoms with E-state index in [0.717, 1.165) is 23.6 Å². The van der Waals surface area contributed by atoms with Gasteiger partial charge < -0.3 is 4.90 Å². The Morgan fingerprint density at radius 3 is 2.58 bits per heavy atom. The predicted molar refractivity (Wildman–Crippen MR) is 95.3 cm³/mol. The molecule has 0 atom stereocenters. The van der Waals surface area contributed by atoms with Gasteiger partial charge >= 0.3 is 0 Å². The van der Waals surface area contributed by atoms with Crippen molar-refractivity contribution in [3.8, 4) is 11.4 Å². The topological polar surface area (TPSA) is 72.2 Å². The quantitative estimate of drug-likeness (QED) is 0.517. The Hall–Kier alpha value is -2.80. The van der Waals surface area contributed by atoms with Crippen molar-refractivity contribution in [2.75, 3.05) is 11.9 Å². The van der Waals surface area contributed by atoms with Crippen LogP contribution in [-0.2, 0) is 6.54 Å². The Bertz CT molecular complexity index is 848. The van der Waals surface area contributed by atoms with Crippen molar-refractivity contribution >= 4 is 22.8 Å². The van der Waals surface area contributed by atoms with Crippen molar-refractivity contribution in [2.24, 2.45) is 0 Å². The van der Waals surface area contributed by atoms with E-state index >= 15 is 0 Å². The minimum absolute atomic E-state index is 0.0567. The van der Waals surface area contributed by atoms with E-state index in [4.69, 9.17) is 0 Å². The highest BCUT2D eigenvalue weighted by molar-refractivity contribution is 7.07. The summed E-state index contributed by atoms with van der Waals surface area (Å²) in [4.78, 5) is 21.5. The largest absolute Gasteiger partial charge is 0.355 e. The van der Waals surface area contributed by atoms with Gasteiger partial charge in [0.05, 0.1) is 4.92 Å². The van der Waals surface area contributed by atoms with Crippen LogP contribution < -0.4 is 4.90 Å². The highest BCUT2D eigenvalue weighted by atomic mass is 32.1. The van der Waals surface area contributed by atoms with Crippen LogP contribution >= 0.6 is 11.3 Å². The fraction of sp³-hybridized carbons (Fsp3) is 0.176. The predicted octanol–water partition coefficient (Wildman–Crippen LogP) is 4.06. The number of hydrogen-bond acceptors (Lipinski definition) is 6. The number of aromatic nitrogens is 2. The number of rotatable bonds is 5. The molecule has 0 N–H and O–H groups in total. The maximum absolute atomic E-state index is 10.8. The maximum Gasteiger partial charge on any atom is 0.269 e. The molecular weight excluding hydrogens is 324 g/mol. The Balaban J connectivity index is 1.89. The first kappa shape index (κ1) is 16.1. The molecule has 1 aromatic carbocycles. The first-order valence-electron chi connectivity index (χ1n) is 7.35. The lowest BCUT2D eigenvalue weighted by molar-refractivity contribution is -0.384. The van der Waals surface area contributed by atoms with Gasteiger partial charge in [-0.3, -0.25) is 10.1 Å². The number of nitrogens with zero attached hydrogens (tertiary/aromatic N) is 4. The van der Waals surface area contributed by atoms with E-state index in [2.05, 4.69) is 31.7 Å². The van der Waals surface area contributed by atoms with Crippen LogP contribution in [0.5, 0.6) is 0 Å². The average molecular weight is 340 g/mol. The molecule has 0 unspecified atom stereocenters. The summed E-state index contributed by atoms with van der Waals surface area (Å²) < 4.78 is 0. The van der Waals surface area contributed by atoms with Gasteiger partial charge in [0.25, 0.3) is 5.69 Å². The van der Waals surface area contributed by atoms with Crippen molar-refractivity contribution in [3.63, 3.8) is 0 Å². The number of nitro benzene ring substituents is 1. The summed E-state index contributed by atoms with van der Waals surface area (Å²) >= 11 is 1.67. The monoisotopic (exact) mass is 340 g/mol. The third kappa shape index (κ3) is 3.57. The molecule has 3 aromatic rings. The summed E-state index contributed by atoms with van der Waals surface area (Å²) in [6.07, 6.45) is 0. The molecule has 24 heavy (non-hydrogen) atoms. The second-order valence-corrected chi connectivity index (χ2v) is 6.26. The van der Waals surface area contributed by atoms with Crippen LogP contribution in [0.15, 0.2) is 47.2 Å². The molecule has 0 aliphatic carbocycles. The van der Waals surface area contributed by atoms with Gasteiger partial charge in [-0.25, -0.2) is 9.97 Å². The standard InChI is InChI=1S/C17H16N4O2S/c1-12-9-16(20(2)10-13-7-8-24-11-13)19-17(18-12)14-3-5-15(6-4-14)21(22)23/h3-9,11H,10H2,1-2H3. The zero-order chi connectivity index (χ0) is 17.1.